The lowest BCUT2D eigenvalue weighted by Gasteiger charge is -2.14. The summed E-state index contributed by atoms with van der Waals surface area (Å²) < 4.78 is 9.51. The molecule has 0 fully saturated rings. The first kappa shape index (κ1) is 34.0. The molecule has 0 aliphatic heterocycles. The Morgan fingerprint density at radius 2 is 0.887 bits per heavy atom. The van der Waals surface area contributed by atoms with Gasteiger partial charge in [0.05, 0.1) is 22.1 Å². The number of hydrogen-bond donors (Lipinski definition) is 0. The van der Waals surface area contributed by atoms with Gasteiger partial charge in [0.2, 0.25) is 5.95 Å². The first-order chi connectivity index (χ1) is 30.7. The maximum Gasteiger partial charge on any atom is 0.238 e. The number of thiophene rings is 2. The van der Waals surface area contributed by atoms with Crippen molar-refractivity contribution in [2.45, 2.75) is 0 Å². The Morgan fingerprint density at radius 3 is 1.63 bits per heavy atom. The van der Waals surface area contributed by atoms with Gasteiger partial charge in [0.1, 0.15) is 0 Å². The molecule has 0 atom stereocenters. The summed E-state index contributed by atoms with van der Waals surface area (Å²) in [5.74, 6) is 1.85. The minimum atomic E-state index is 0.584. The van der Waals surface area contributed by atoms with Crippen molar-refractivity contribution in [2.75, 3.05) is 0 Å². The van der Waals surface area contributed by atoms with Crippen molar-refractivity contribution in [3.63, 3.8) is 0 Å². The predicted octanol–water partition coefficient (Wildman–Crippen LogP) is 15.3. The lowest BCUT2D eigenvalue weighted by Crippen LogP contribution is -2.07. The molecule has 14 rings (SSSR count). The van der Waals surface area contributed by atoms with E-state index in [9.17, 15) is 0 Å². The highest BCUT2D eigenvalue weighted by atomic mass is 32.1. The largest absolute Gasteiger partial charge is 0.309 e. The van der Waals surface area contributed by atoms with Crippen LogP contribution in [0.2, 0.25) is 0 Å². The van der Waals surface area contributed by atoms with E-state index in [2.05, 4.69) is 197 Å². The smallest absolute Gasteiger partial charge is 0.238 e. The van der Waals surface area contributed by atoms with Gasteiger partial charge in [0, 0.05) is 78.7 Å². The van der Waals surface area contributed by atoms with Crippen molar-refractivity contribution >= 4 is 117 Å². The topological polar surface area (TPSA) is 48.5 Å². The molecule has 0 radical (unpaired) electrons. The third-order valence-electron chi connectivity index (χ3n) is 12.5. The molecule has 5 heterocycles. The maximum atomic E-state index is 5.53. The summed E-state index contributed by atoms with van der Waals surface area (Å²) in [6.45, 7) is 0. The summed E-state index contributed by atoms with van der Waals surface area (Å²) in [5.41, 5.74) is 7.40. The zero-order chi connectivity index (χ0) is 40.5. The zero-order valence-electron chi connectivity index (χ0n) is 33.0. The predicted molar refractivity (Wildman–Crippen MR) is 263 cm³/mol. The Bertz CT molecular complexity index is 4130. The number of nitrogens with zero attached hydrogens (tertiary/aromatic N) is 5. The van der Waals surface area contributed by atoms with Crippen LogP contribution in [0.4, 0.5) is 0 Å². The van der Waals surface area contributed by atoms with Gasteiger partial charge in [-0.15, -0.1) is 22.7 Å². The average Bonchev–Trinajstić information content (AvgIpc) is 4.07. The molecular formula is C55H31N5S2. The van der Waals surface area contributed by atoms with E-state index in [0.29, 0.717) is 17.6 Å². The van der Waals surface area contributed by atoms with Gasteiger partial charge in [-0.05, 0) is 71.4 Å². The lowest BCUT2D eigenvalue weighted by atomic mass is 10.0. The van der Waals surface area contributed by atoms with Crippen molar-refractivity contribution in [1.82, 2.24) is 24.1 Å². The molecule has 5 nitrogen and oxygen atoms in total. The molecule has 0 amide bonds. The van der Waals surface area contributed by atoms with Crippen molar-refractivity contribution in [2.24, 2.45) is 0 Å². The molecular weight excluding hydrogens is 795 g/mol. The number of rotatable bonds is 4. The van der Waals surface area contributed by atoms with E-state index >= 15 is 0 Å². The number of aromatic nitrogens is 5. The van der Waals surface area contributed by atoms with E-state index < -0.39 is 0 Å². The Labute approximate surface area is 362 Å². The fraction of sp³-hybridized carbons (Fsp3) is 0. The van der Waals surface area contributed by atoms with Crippen molar-refractivity contribution < 1.29 is 0 Å². The van der Waals surface area contributed by atoms with Crippen LogP contribution in [0.5, 0.6) is 0 Å². The van der Waals surface area contributed by atoms with Gasteiger partial charge in [0.25, 0.3) is 0 Å². The molecule has 0 N–H and O–H groups in total. The van der Waals surface area contributed by atoms with E-state index in [1.165, 1.54) is 56.5 Å². The van der Waals surface area contributed by atoms with E-state index in [0.717, 1.165) is 55.0 Å². The summed E-state index contributed by atoms with van der Waals surface area (Å²) in [5, 5.41) is 12.0. The average molecular weight is 826 g/mol. The van der Waals surface area contributed by atoms with Crippen LogP contribution in [0.3, 0.4) is 0 Å². The molecule has 0 bridgehead atoms. The molecule has 0 saturated carbocycles. The van der Waals surface area contributed by atoms with Crippen molar-refractivity contribution in [3.05, 3.63) is 188 Å². The second-order valence-corrected chi connectivity index (χ2v) is 18.2. The third-order valence-corrected chi connectivity index (χ3v) is 14.8. The van der Waals surface area contributed by atoms with Gasteiger partial charge in [0.15, 0.2) is 11.6 Å². The SMILES string of the molecule is c1ccc2cc3c(cc2c1)c1ccccc1n3-c1cc(-c2nc(-c3ccc4c(c3)sc3ccccc34)nc(-n3c4ccccc4c4ccccc43)n2)c2c(c1)sc1ccccc12. The fourth-order valence-electron chi connectivity index (χ4n) is 9.80. The highest BCUT2D eigenvalue weighted by molar-refractivity contribution is 7.26. The molecule has 0 aliphatic carbocycles. The second kappa shape index (κ2) is 12.9. The molecule has 14 aromatic rings. The fourth-order valence-corrected chi connectivity index (χ4v) is 12.1. The number of fused-ring (bicyclic) bond motifs is 13. The van der Waals surface area contributed by atoms with E-state index in [1.54, 1.807) is 11.3 Å². The Balaban J connectivity index is 1.10. The monoisotopic (exact) mass is 825 g/mol. The molecule has 0 spiro atoms. The molecule has 0 unspecified atom stereocenters. The van der Waals surface area contributed by atoms with Crippen LogP contribution in [-0.4, -0.2) is 24.1 Å². The normalized spacial score (nSPS) is 12.2. The quantitative estimate of drug-likeness (QED) is 0.178. The highest BCUT2D eigenvalue weighted by Crippen LogP contribution is 2.44. The van der Waals surface area contributed by atoms with Crippen LogP contribution in [0.25, 0.3) is 129 Å². The van der Waals surface area contributed by atoms with Crippen molar-refractivity contribution in [3.8, 4) is 34.4 Å². The van der Waals surface area contributed by atoms with Crippen molar-refractivity contribution in [1.29, 1.82) is 0 Å². The van der Waals surface area contributed by atoms with Crippen LogP contribution in [0.15, 0.2) is 188 Å². The minimum absolute atomic E-state index is 0.584. The number of benzene rings is 9. The van der Waals surface area contributed by atoms with Gasteiger partial charge in [-0.25, -0.2) is 4.98 Å². The third kappa shape index (κ3) is 4.92. The van der Waals surface area contributed by atoms with Crippen LogP contribution in [0.1, 0.15) is 0 Å². The number of hydrogen-bond acceptors (Lipinski definition) is 5. The molecule has 0 aliphatic rings. The zero-order valence-corrected chi connectivity index (χ0v) is 34.6. The second-order valence-electron chi connectivity index (χ2n) is 16.0. The molecule has 0 saturated heterocycles. The summed E-state index contributed by atoms with van der Waals surface area (Å²) in [4.78, 5) is 16.4. The lowest BCUT2D eigenvalue weighted by molar-refractivity contribution is 0.954. The maximum absolute atomic E-state index is 5.53. The molecule has 7 heteroatoms. The Hall–Kier alpha value is -7.71. The van der Waals surface area contributed by atoms with Gasteiger partial charge >= 0.3 is 0 Å². The molecule has 9 aromatic carbocycles. The molecule has 62 heavy (non-hydrogen) atoms. The Kier molecular flexibility index (Phi) is 7.08. The summed E-state index contributed by atoms with van der Waals surface area (Å²) >= 11 is 3.62. The minimum Gasteiger partial charge on any atom is -0.309 e. The van der Waals surface area contributed by atoms with Gasteiger partial charge < -0.3 is 4.57 Å². The standard InChI is InChI=1S/C55H31N5S2/c1-2-14-33-28-47-42(27-32(33)13-1)38-17-5-8-20-44(38)59(47)35-30-43(52-41-19-7-12-24-49(41)62-51(52)31-35)54-56-53(34-25-26-40-39-18-6-11-23-48(39)61-50(40)29-34)57-55(58-54)60-45-21-9-3-15-36(45)37-16-4-10-22-46(37)60/h1-31H. The molecule has 5 aromatic heterocycles. The first-order valence-corrected chi connectivity index (χ1v) is 22.4. The van der Waals surface area contributed by atoms with Gasteiger partial charge in [-0.1, -0.05) is 127 Å². The van der Waals surface area contributed by atoms with E-state index in [1.807, 2.05) is 11.3 Å². The van der Waals surface area contributed by atoms with E-state index in [4.69, 9.17) is 15.0 Å². The molecule has 288 valence electrons. The van der Waals surface area contributed by atoms with Crippen LogP contribution in [0, 0.1) is 0 Å². The van der Waals surface area contributed by atoms with Gasteiger partial charge in [-0.3, -0.25) is 4.57 Å². The van der Waals surface area contributed by atoms with Crippen LogP contribution in [-0.2, 0) is 0 Å². The summed E-state index contributed by atoms with van der Waals surface area (Å²) in [6, 6.07) is 67.8. The van der Waals surface area contributed by atoms with Gasteiger partial charge in [-0.2, -0.15) is 9.97 Å². The van der Waals surface area contributed by atoms with Crippen LogP contribution >= 0.6 is 22.7 Å². The highest BCUT2D eigenvalue weighted by Gasteiger charge is 2.23. The summed E-state index contributed by atoms with van der Waals surface area (Å²) in [7, 11) is 0. The number of para-hydroxylation sites is 3. The summed E-state index contributed by atoms with van der Waals surface area (Å²) in [6.07, 6.45) is 0. The Morgan fingerprint density at radius 1 is 0.339 bits per heavy atom. The first-order valence-electron chi connectivity index (χ1n) is 20.8. The van der Waals surface area contributed by atoms with E-state index in [-0.39, 0.29) is 0 Å². The van der Waals surface area contributed by atoms with Crippen LogP contribution < -0.4 is 0 Å².